The van der Waals surface area contributed by atoms with Crippen molar-refractivity contribution >= 4 is 5.91 Å². The van der Waals surface area contributed by atoms with Crippen LogP contribution < -0.4 is 5.32 Å². The van der Waals surface area contributed by atoms with Crippen LogP contribution in [0.5, 0.6) is 0 Å². The second-order valence-electron chi connectivity index (χ2n) is 7.00. The lowest BCUT2D eigenvalue weighted by Gasteiger charge is -2.29. The largest absolute Gasteiger partial charge is 0.354 e. The minimum absolute atomic E-state index is 0.0720. The third kappa shape index (κ3) is 6.98. The zero-order valence-electron chi connectivity index (χ0n) is 14.7. The number of unbranched alkanes of at least 4 members (excludes halogenated alkanes) is 2. The number of hydrogen-bond acceptors (Lipinski definition) is 2. The van der Waals surface area contributed by atoms with Crippen molar-refractivity contribution < 1.29 is 4.79 Å². The topological polar surface area (TPSA) is 52.9 Å². The summed E-state index contributed by atoms with van der Waals surface area (Å²) in [6.45, 7) is 11.3. The highest BCUT2D eigenvalue weighted by Crippen LogP contribution is 2.30. The van der Waals surface area contributed by atoms with Crippen LogP contribution in [0.4, 0.5) is 0 Å². The molecule has 3 heteroatoms. The number of hydrogen-bond donors (Lipinski definition) is 1. The summed E-state index contributed by atoms with van der Waals surface area (Å²) in [4.78, 5) is 12.5. The van der Waals surface area contributed by atoms with E-state index < -0.39 is 5.41 Å². The Labute approximate surface area is 131 Å². The van der Waals surface area contributed by atoms with Gasteiger partial charge in [-0.3, -0.25) is 4.79 Å². The molecule has 1 amide bonds. The first-order chi connectivity index (χ1) is 9.87. The molecule has 0 bridgehead atoms. The molecule has 0 rings (SSSR count). The molecule has 122 valence electrons. The predicted octanol–water partition coefficient (Wildman–Crippen LogP) is 4.82. The van der Waals surface area contributed by atoms with Crippen LogP contribution in [0.2, 0.25) is 0 Å². The van der Waals surface area contributed by atoms with Crippen molar-refractivity contribution in [3.8, 4) is 6.07 Å². The Bertz CT molecular complexity index is 336. The molecular weight excluding hydrogens is 260 g/mol. The van der Waals surface area contributed by atoms with Crippen molar-refractivity contribution in [2.45, 2.75) is 86.0 Å². The maximum absolute atomic E-state index is 12.5. The molecule has 0 heterocycles. The maximum Gasteiger partial charge on any atom is 0.240 e. The van der Waals surface area contributed by atoms with E-state index in [4.69, 9.17) is 0 Å². The Hall–Kier alpha value is -1.04. The van der Waals surface area contributed by atoms with Crippen LogP contribution in [0.15, 0.2) is 0 Å². The minimum atomic E-state index is -0.830. The fourth-order valence-electron chi connectivity index (χ4n) is 2.80. The molecule has 1 N–H and O–H groups in total. The van der Waals surface area contributed by atoms with Gasteiger partial charge in [-0.25, -0.2) is 0 Å². The van der Waals surface area contributed by atoms with E-state index in [0.717, 1.165) is 19.3 Å². The third-order valence-electron chi connectivity index (χ3n) is 4.19. The van der Waals surface area contributed by atoms with Crippen LogP contribution in [0.25, 0.3) is 0 Å². The summed E-state index contributed by atoms with van der Waals surface area (Å²) in [7, 11) is 0. The first kappa shape index (κ1) is 20.0. The molecule has 0 radical (unpaired) electrons. The van der Waals surface area contributed by atoms with Gasteiger partial charge < -0.3 is 5.32 Å². The molecule has 0 atom stereocenters. The second-order valence-corrected chi connectivity index (χ2v) is 7.00. The van der Waals surface area contributed by atoms with Crippen molar-refractivity contribution in [3.63, 3.8) is 0 Å². The van der Waals surface area contributed by atoms with Crippen molar-refractivity contribution in [2.75, 3.05) is 6.54 Å². The van der Waals surface area contributed by atoms with Crippen molar-refractivity contribution in [1.29, 1.82) is 5.26 Å². The lowest BCUT2D eigenvalue weighted by atomic mass is 9.79. The van der Waals surface area contributed by atoms with Gasteiger partial charge in [0, 0.05) is 6.54 Å². The average Bonchev–Trinajstić information content (AvgIpc) is 2.44. The zero-order valence-corrected chi connectivity index (χ0v) is 14.7. The van der Waals surface area contributed by atoms with Gasteiger partial charge in [0.05, 0.1) is 6.07 Å². The Morgan fingerprint density at radius 3 is 2.00 bits per heavy atom. The number of rotatable bonds is 11. The van der Waals surface area contributed by atoms with Gasteiger partial charge in [-0.1, -0.05) is 66.7 Å². The molecule has 0 aliphatic rings. The number of amides is 1. The molecule has 0 aromatic carbocycles. The normalized spacial score (nSPS) is 12.0. The van der Waals surface area contributed by atoms with Crippen LogP contribution in [-0.2, 0) is 4.79 Å². The summed E-state index contributed by atoms with van der Waals surface area (Å²) in [5.41, 5.74) is -0.729. The molecule has 0 aromatic rings. The highest BCUT2D eigenvalue weighted by Gasteiger charge is 2.37. The number of nitriles is 1. The lowest BCUT2D eigenvalue weighted by molar-refractivity contribution is -0.129. The van der Waals surface area contributed by atoms with E-state index in [1.165, 1.54) is 19.3 Å². The third-order valence-corrected chi connectivity index (χ3v) is 4.19. The Kier molecular flexibility index (Phi) is 9.33. The van der Waals surface area contributed by atoms with Crippen molar-refractivity contribution in [2.24, 2.45) is 10.8 Å². The standard InChI is InChI=1S/C18H34N2O/c1-6-9-10-13-17(4,5)15-20-16(21)18(14-19,11-7-2)12-8-3/h6-13,15H2,1-5H3,(H,20,21). The van der Waals surface area contributed by atoms with E-state index in [1.54, 1.807) is 0 Å². The van der Waals surface area contributed by atoms with E-state index in [0.29, 0.717) is 19.4 Å². The van der Waals surface area contributed by atoms with Gasteiger partial charge >= 0.3 is 0 Å². The van der Waals surface area contributed by atoms with Crippen LogP contribution in [0.1, 0.15) is 86.0 Å². The molecule has 0 unspecified atom stereocenters. The fraction of sp³-hybridized carbons (Fsp3) is 0.889. The van der Waals surface area contributed by atoms with Gasteiger partial charge in [0.2, 0.25) is 5.91 Å². The van der Waals surface area contributed by atoms with Crippen molar-refractivity contribution in [1.82, 2.24) is 5.32 Å². The van der Waals surface area contributed by atoms with E-state index >= 15 is 0 Å². The first-order valence-electron chi connectivity index (χ1n) is 8.57. The Balaban J connectivity index is 4.59. The molecule has 0 aromatic heterocycles. The summed E-state index contributed by atoms with van der Waals surface area (Å²) in [5, 5.41) is 12.6. The predicted molar refractivity (Wildman–Crippen MR) is 88.8 cm³/mol. The first-order valence-corrected chi connectivity index (χ1v) is 8.57. The summed E-state index contributed by atoms with van der Waals surface area (Å²) < 4.78 is 0. The lowest BCUT2D eigenvalue weighted by Crippen LogP contribution is -2.43. The number of carbonyl (C=O) groups is 1. The average molecular weight is 294 g/mol. The van der Waals surface area contributed by atoms with E-state index in [2.05, 4.69) is 32.2 Å². The van der Waals surface area contributed by atoms with Crippen LogP contribution in [0.3, 0.4) is 0 Å². The maximum atomic E-state index is 12.5. The molecule has 21 heavy (non-hydrogen) atoms. The summed E-state index contributed by atoms with van der Waals surface area (Å²) in [6, 6.07) is 2.29. The monoisotopic (exact) mass is 294 g/mol. The van der Waals surface area contributed by atoms with E-state index in [9.17, 15) is 10.1 Å². The van der Waals surface area contributed by atoms with Gasteiger partial charge in [0.1, 0.15) is 5.41 Å². The quantitative estimate of drug-likeness (QED) is 0.555. The van der Waals surface area contributed by atoms with Crippen LogP contribution in [-0.4, -0.2) is 12.5 Å². The van der Waals surface area contributed by atoms with Gasteiger partial charge in [-0.15, -0.1) is 0 Å². The number of carbonyl (C=O) groups excluding carboxylic acids is 1. The summed E-state index contributed by atoms with van der Waals surface area (Å²) >= 11 is 0. The van der Waals surface area contributed by atoms with Crippen LogP contribution in [0, 0.1) is 22.2 Å². The second kappa shape index (κ2) is 9.82. The van der Waals surface area contributed by atoms with Gasteiger partial charge in [0.25, 0.3) is 0 Å². The molecule has 0 aliphatic heterocycles. The molecule has 0 saturated heterocycles. The molecule has 0 aliphatic carbocycles. The Morgan fingerprint density at radius 2 is 1.57 bits per heavy atom. The minimum Gasteiger partial charge on any atom is -0.354 e. The molecule has 0 fully saturated rings. The number of nitrogens with zero attached hydrogens (tertiary/aromatic N) is 1. The SMILES string of the molecule is CCCCCC(C)(C)CNC(=O)C(C#N)(CCC)CCC. The van der Waals surface area contributed by atoms with Gasteiger partial charge in [-0.05, 0) is 24.7 Å². The fourth-order valence-corrected chi connectivity index (χ4v) is 2.80. The highest BCUT2D eigenvalue weighted by molar-refractivity contribution is 5.85. The van der Waals surface area contributed by atoms with E-state index in [-0.39, 0.29) is 11.3 Å². The Morgan fingerprint density at radius 1 is 1.00 bits per heavy atom. The highest BCUT2D eigenvalue weighted by atomic mass is 16.2. The summed E-state index contributed by atoms with van der Waals surface area (Å²) in [5.74, 6) is -0.0720. The molecular formula is C18H34N2O. The summed E-state index contributed by atoms with van der Waals surface area (Å²) in [6.07, 6.45) is 7.80. The smallest absolute Gasteiger partial charge is 0.240 e. The van der Waals surface area contributed by atoms with Crippen molar-refractivity contribution in [3.05, 3.63) is 0 Å². The zero-order chi connectivity index (χ0) is 16.4. The van der Waals surface area contributed by atoms with Gasteiger partial charge in [0.15, 0.2) is 0 Å². The van der Waals surface area contributed by atoms with Crippen LogP contribution >= 0.6 is 0 Å². The molecule has 0 spiro atoms. The number of nitrogens with one attached hydrogen (secondary N) is 1. The van der Waals surface area contributed by atoms with E-state index in [1.807, 2.05) is 13.8 Å². The molecule has 0 saturated carbocycles. The van der Waals surface area contributed by atoms with Gasteiger partial charge in [-0.2, -0.15) is 5.26 Å². The molecule has 3 nitrogen and oxygen atoms in total.